The van der Waals surface area contributed by atoms with Crippen molar-refractivity contribution in [2.45, 2.75) is 33.4 Å². The Labute approximate surface area is 237 Å². The first-order chi connectivity index (χ1) is 19.8. The Kier molecular flexibility index (Phi) is 9.08. The van der Waals surface area contributed by atoms with E-state index in [4.69, 9.17) is 14.2 Å². The lowest BCUT2D eigenvalue weighted by Gasteiger charge is -2.28. The van der Waals surface area contributed by atoms with Crippen LogP contribution in [0, 0.1) is 6.92 Å². The maximum atomic E-state index is 12.6. The van der Waals surface area contributed by atoms with Gasteiger partial charge in [0, 0.05) is 34.4 Å². The number of hydrazone groups is 1. The van der Waals surface area contributed by atoms with Crippen molar-refractivity contribution in [2.75, 3.05) is 20.3 Å². The average Bonchev–Trinajstić information content (AvgIpc) is 3.22. The summed E-state index contributed by atoms with van der Waals surface area (Å²) >= 11 is 0. The molecule has 41 heavy (non-hydrogen) atoms. The molecule has 1 aromatic heterocycles. The second-order valence-electron chi connectivity index (χ2n) is 9.20. The molecule has 2 aromatic carbocycles. The Morgan fingerprint density at radius 1 is 1.17 bits per heavy atom. The minimum absolute atomic E-state index is 0.191. The number of aromatic nitrogens is 1. The number of para-hydroxylation sites is 1. The van der Waals surface area contributed by atoms with Gasteiger partial charge < -0.3 is 29.4 Å². The molecule has 0 saturated heterocycles. The van der Waals surface area contributed by atoms with Gasteiger partial charge in [0.2, 0.25) is 0 Å². The highest BCUT2D eigenvalue weighted by Crippen LogP contribution is 2.34. The summed E-state index contributed by atoms with van der Waals surface area (Å²) in [6, 6.07) is 11.7. The summed E-state index contributed by atoms with van der Waals surface area (Å²) in [7, 11) is 1.45. The first kappa shape index (κ1) is 28.9. The number of urea groups is 1. The van der Waals surface area contributed by atoms with Crippen molar-refractivity contribution in [2.24, 2.45) is 5.10 Å². The summed E-state index contributed by atoms with van der Waals surface area (Å²) in [5.41, 5.74) is 6.71. The van der Waals surface area contributed by atoms with E-state index in [1.165, 1.54) is 7.11 Å². The number of fused-ring (bicyclic) bond motifs is 1. The predicted molar refractivity (Wildman–Crippen MR) is 155 cm³/mol. The lowest BCUT2D eigenvalue weighted by atomic mass is 9.95. The minimum atomic E-state index is -0.760. The smallest absolute Gasteiger partial charge is 0.338 e. The number of ether oxygens (including phenoxy) is 3. The van der Waals surface area contributed by atoms with Crippen molar-refractivity contribution in [3.8, 4) is 11.5 Å². The van der Waals surface area contributed by atoms with Gasteiger partial charge in [-0.15, -0.1) is 6.58 Å². The molecule has 11 heteroatoms. The molecule has 3 N–H and O–H groups in total. The fraction of sp³-hybridized carbons (Fsp3) is 0.267. The fourth-order valence-corrected chi connectivity index (χ4v) is 4.74. The number of carbonyl (C=O) groups excluding carboxylic acids is 3. The highest BCUT2D eigenvalue weighted by molar-refractivity contribution is 6.01. The van der Waals surface area contributed by atoms with Gasteiger partial charge in [-0.1, -0.05) is 30.3 Å². The zero-order chi connectivity index (χ0) is 29.5. The van der Waals surface area contributed by atoms with Crippen LogP contribution in [0.4, 0.5) is 4.79 Å². The molecule has 4 rings (SSSR count). The summed E-state index contributed by atoms with van der Waals surface area (Å²) in [5.74, 6) is -0.386. The van der Waals surface area contributed by atoms with Crippen molar-refractivity contribution in [1.82, 2.24) is 20.6 Å². The molecule has 0 spiro atoms. The molecular weight excluding hydrogens is 526 g/mol. The van der Waals surface area contributed by atoms with Crippen LogP contribution in [-0.2, 0) is 20.9 Å². The molecule has 0 saturated carbocycles. The number of hydrogen-bond acceptors (Lipinski definition) is 7. The fourth-order valence-electron chi connectivity index (χ4n) is 4.74. The average molecular weight is 560 g/mol. The zero-order valence-corrected chi connectivity index (χ0v) is 23.4. The Balaban J connectivity index is 1.45. The number of carbonyl (C=O) groups is 3. The number of methoxy groups -OCH3 is 1. The molecule has 1 atom stereocenters. The van der Waals surface area contributed by atoms with Gasteiger partial charge in [0.15, 0.2) is 18.1 Å². The Bertz CT molecular complexity index is 1550. The van der Waals surface area contributed by atoms with Gasteiger partial charge in [0.05, 0.1) is 31.5 Å². The van der Waals surface area contributed by atoms with Crippen LogP contribution in [0.25, 0.3) is 10.9 Å². The molecule has 0 fully saturated rings. The van der Waals surface area contributed by atoms with Gasteiger partial charge in [-0.05, 0) is 44.5 Å². The van der Waals surface area contributed by atoms with Crippen LogP contribution in [-0.4, -0.2) is 49.0 Å². The van der Waals surface area contributed by atoms with E-state index in [0.717, 1.165) is 22.2 Å². The molecule has 1 aliphatic heterocycles. The lowest BCUT2D eigenvalue weighted by molar-refractivity contribution is -0.139. The molecule has 1 aliphatic rings. The van der Waals surface area contributed by atoms with Crippen molar-refractivity contribution in [3.63, 3.8) is 0 Å². The summed E-state index contributed by atoms with van der Waals surface area (Å²) in [6.45, 7) is 9.70. The number of hydrogen-bond donors (Lipinski definition) is 3. The first-order valence-corrected chi connectivity index (χ1v) is 13.1. The largest absolute Gasteiger partial charge is 0.493 e. The third-order valence-electron chi connectivity index (χ3n) is 6.62. The molecule has 3 amide bonds. The van der Waals surface area contributed by atoms with Gasteiger partial charge in [-0.2, -0.15) is 5.10 Å². The van der Waals surface area contributed by atoms with E-state index < -0.39 is 23.9 Å². The quantitative estimate of drug-likeness (QED) is 0.141. The molecule has 11 nitrogen and oxygen atoms in total. The Morgan fingerprint density at radius 3 is 2.68 bits per heavy atom. The molecular formula is C30H33N5O6. The first-order valence-electron chi connectivity index (χ1n) is 13.1. The second kappa shape index (κ2) is 12.9. The van der Waals surface area contributed by atoms with Crippen LogP contribution in [0.3, 0.4) is 0 Å². The number of allylic oxidation sites excluding steroid dienone is 2. The summed E-state index contributed by atoms with van der Waals surface area (Å²) < 4.78 is 18.5. The van der Waals surface area contributed by atoms with Crippen LogP contribution in [0.1, 0.15) is 36.7 Å². The van der Waals surface area contributed by atoms with Gasteiger partial charge in [-0.25, -0.2) is 15.0 Å². The van der Waals surface area contributed by atoms with E-state index in [2.05, 4.69) is 32.3 Å². The van der Waals surface area contributed by atoms with Gasteiger partial charge in [0.25, 0.3) is 5.91 Å². The summed E-state index contributed by atoms with van der Waals surface area (Å²) in [4.78, 5) is 37.3. The number of esters is 1. The highest BCUT2D eigenvalue weighted by Gasteiger charge is 2.32. The number of nitrogens with one attached hydrogen (secondary N) is 3. The van der Waals surface area contributed by atoms with Crippen LogP contribution in [0.15, 0.2) is 71.5 Å². The number of benzene rings is 2. The predicted octanol–water partition coefficient (Wildman–Crippen LogP) is 3.86. The van der Waals surface area contributed by atoms with Crippen LogP contribution in [0.2, 0.25) is 0 Å². The summed E-state index contributed by atoms with van der Waals surface area (Å²) in [5, 5.41) is 10.5. The van der Waals surface area contributed by atoms with Gasteiger partial charge in [0.1, 0.15) is 0 Å². The van der Waals surface area contributed by atoms with Gasteiger partial charge in [-0.3, -0.25) is 4.79 Å². The molecule has 3 aromatic rings. The highest BCUT2D eigenvalue weighted by atomic mass is 16.5. The zero-order valence-electron chi connectivity index (χ0n) is 23.4. The van der Waals surface area contributed by atoms with E-state index >= 15 is 0 Å². The number of rotatable bonds is 11. The van der Waals surface area contributed by atoms with Crippen LogP contribution >= 0.6 is 0 Å². The van der Waals surface area contributed by atoms with E-state index in [1.807, 2.05) is 37.3 Å². The molecule has 2 heterocycles. The standard InChI is InChI=1S/C30H33N5O6/c1-6-14-35-19(4)22(21-10-8-9-11-23(21)35)16-31-34-26(36)17-41-24-13-12-20(15-25(24)39-5)28-27(29(37)40-7-2)18(3)32-30(38)33-28/h6,8-13,15-16,28H,1,7,14,17H2,2-5H3,(H,34,36)(H2,32,33,38)/b31-16-/t28-/m1/s1. The van der Waals surface area contributed by atoms with E-state index in [-0.39, 0.29) is 18.8 Å². The minimum Gasteiger partial charge on any atom is -0.493 e. The van der Waals surface area contributed by atoms with E-state index in [9.17, 15) is 14.4 Å². The Hall–Kier alpha value is -5.06. The van der Waals surface area contributed by atoms with Crippen molar-refractivity contribution >= 4 is 35.0 Å². The van der Waals surface area contributed by atoms with Gasteiger partial charge >= 0.3 is 12.0 Å². The van der Waals surface area contributed by atoms with Crippen molar-refractivity contribution in [3.05, 3.63) is 83.2 Å². The topological polar surface area (TPSA) is 132 Å². The van der Waals surface area contributed by atoms with Crippen molar-refractivity contribution in [1.29, 1.82) is 0 Å². The molecule has 0 unspecified atom stereocenters. The van der Waals surface area contributed by atoms with E-state index in [0.29, 0.717) is 29.3 Å². The summed E-state index contributed by atoms with van der Waals surface area (Å²) in [6.07, 6.45) is 3.45. The van der Waals surface area contributed by atoms with E-state index in [1.54, 1.807) is 38.3 Å². The number of nitrogens with zero attached hydrogens (tertiary/aromatic N) is 2. The van der Waals surface area contributed by atoms with Crippen LogP contribution in [0.5, 0.6) is 11.5 Å². The van der Waals surface area contributed by atoms with Crippen LogP contribution < -0.4 is 25.5 Å². The molecule has 0 radical (unpaired) electrons. The maximum Gasteiger partial charge on any atom is 0.338 e. The molecule has 0 aliphatic carbocycles. The molecule has 0 bridgehead atoms. The molecule has 214 valence electrons. The van der Waals surface area contributed by atoms with Crippen molar-refractivity contribution < 1.29 is 28.6 Å². The number of amides is 3. The SMILES string of the molecule is C=CCn1c(C)c(/C=N\NC(=O)COc2ccc([C@H]3NC(=O)NC(C)=C3C(=O)OCC)cc2OC)c2ccccc21. The maximum absolute atomic E-state index is 12.6. The Morgan fingerprint density at radius 2 is 1.95 bits per heavy atom. The lowest BCUT2D eigenvalue weighted by Crippen LogP contribution is -2.45. The normalized spacial score (nSPS) is 14.9. The third kappa shape index (κ3) is 6.24. The third-order valence-corrected chi connectivity index (χ3v) is 6.62. The monoisotopic (exact) mass is 559 g/mol. The second-order valence-corrected chi connectivity index (χ2v) is 9.20.